The zero-order valence-corrected chi connectivity index (χ0v) is 18.6. The molecule has 2 N–H and O–H groups in total. The second-order valence-corrected chi connectivity index (χ2v) is 8.93. The number of aromatic nitrogens is 4. The molecule has 2 heterocycles. The number of ether oxygens (including phenoxy) is 1. The molecule has 0 saturated carbocycles. The molecule has 0 aliphatic heterocycles. The molecule has 3 aromatic rings. The Hall–Kier alpha value is -2.67. The average molecular weight is 410 g/mol. The van der Waals surface area contributed by atoms with Crippen molar-refractivity contribution in [1.82, 2.24) is 19.9 Å². The molecule has 2 aromatic heterocycles. The maximum atomic E-state index is 5.77. The first-order chi connectivity index (χ1) is 14.3. The van der Waals surface area contributed by atoms with Gasteiger partial charge in [-0.25, -0.2) is 0 Å². The van der Waals surface area contributed by atoms with E-state index < -0.39 is 0 Å². The van der Waals surface area contributed by atoms with Crippen LogP contribution in [-0.4, -0.2) is 33.1 Å². The van der Waals surface area contributed by atoms with Gasteiger partial charge in [0.25, 0.3) is 5.89 Å². The molecular formula is C23H31N5O2. The predicted molar refractivity (Wildman–Crippen MR) is 116 cm³/mol. The van der Waals surface area contributed by atoms with Crippen LogP contribution >= 0.6 is 0 Å². The number of hydrogen-bond donors (Lipinski definition) is 1. The molecule has 0 fully saturated rings. The van der Waals surface area contributed by atoms with Crippen molar-refractivity contribution in [2.24, 2.45) is 11.1 Å². The molecule has 7 heteroatoms. The number of nitrogens with zero attached hydrogens (tertiary/aromatic N) is 4. The minimum atomic E-state index is 0.294. The van der Waals surface area contributed by atoms with Crippen molar-refractivity contribution >= 4 is 0 Å². The largest absolute Gasteiger partial charge is 0.492 e. The molecule has 30 heavy (non-hydrogen) atoms. The summed E-state index contributed by atoms with van der Waals surface area (Å²) >= 11 is 0. The molecular weight excluding hydrogens is 378 g/mol. The highest BCUT2D eigenvalue weighted by atomic mass is 16.5. The van der Waals surface area contributed by atoms with E-state index in [0.717, 1.165) is 53.9 Å². The van der Waals surface area contributed by atoms with Crippen LogP contribution in [0.15, 0.2) is 16.7 Å². The molecule has 1 aliphatic carbocycles. The van der Waals surface area contributed by atoms with E-state index in [0.29, 0.717) is 30.3 Å². The van der Waals surface area contributed by atoms with Crippen molar-refractivity contribution in [1.29, 1.82) is 0 Å². The van der Waals surface area contributed by atoms with Gasteiger partial charge in [0.2, 0.25) is 5.82 Å². The summed E-state index contributed by atoms with van der Waals surface area (Å²) in [6.45, 7) is 12.6. The molecule has 0 saturated heterocycles. The summed E-state index contributed by atoms with van der Waals surface area (Å²) in [4.78, 5) is 4.70. The lowest BCUT2D eigenvalue weighted by molar-refractivity contribution is 0.305. The van der Waals surface area contributed by atoms with Crippen LogP contribution in [0, 0.1) is 19.3 Å². The summed E-state index contributed by atoms with van der Waals surface area (Å²) in [6, 6.07) is 4.03. The quantitative estimate of drug-likeness (QED) is 0.659. The van der Waals surface area contributed by atoms with Gasteiger partial charge in [-0.15, -0.1) is 0 Å². The van der Waals surface area contributed by atoms with E-state index in [2.05, 4.69) is 30.6 Å². The van der Waals surface area contributed by atoms with Crippen LogP contribution in [0.2, 0.25) is 0 Å². The van der Waals surface area contributed by atoms with Gasteiger partial charge in [-0.3, -0.25) is 4.68 Å². The van der Waals surface area contributed by atoms with Crippen LogP contribution in [-0.2, 0) is 19.4 Å². The minimum Gasteiger partial charge on any atom is -0.492 e. The highest BCUT2D eigenvalue weighted by molar-refractivity contribution is 5.64. The Balaban J connectivity index is 1.68. The summed E-state index contributed by atoms with van der Waals surface area (Å²) < 4.78 is 13.5. The van der Waals surface area contributed by atoms with E-state index >= 15 is 0 Å². The number of nitrogens with two attached hydrogens (primary N) is 1. The molecule has 0 unspecified atom stereocenters. The van der Waals surface area contributed by atoms with E-state index in [1.165, 1.54) is 11.3 Å². The van der Waals surface area contributed by atoms with E-state index in [1.807, 2.05) is 26.0 Å². The average Bonchev–Trinajstić information content (AvgIpc) is 3.31. The molecule has 0 bridgehead atoms. The first-order valence-corrected chi connectivity index (χ1v) is 10.7. The Bertz CT molecular complexity index is 1040. The maximum Gasteiger partial charge on any atom is 0.258 e. The monoisotopic (exact) mass is 409 g/mol. The fraction of sp³-hybridized carbons (Fsp3) is 0.522. The summed E-state index contributed by atoms with van der Waals surface area (Å²) in [6.07, 6.45) is 3.15. The van der Waals surface area contributed by atoms with Crippen LogP contribution in [0.4, 0.5) is 0 Å². The van der Waals surface area contributed by atoms with E-state index in [9.17, 15) is 0 Å². The van der Waals surface area contributed by atoms with E-state index in [-0.39, 0.29) is 0 Å². The van der Waals surface area contributed by atoms with Crippen LogP contribution in [0.25, 0.3) is 23.0 Å². The summed E-state index contributed by atoms with van der Waals surface area (Å²) in [5.41, 5.74) is 12.2. The summed E-state index contributed by atoms with van der Waals surface area (Å²) in [5.74, 6) is 1.92. The van der Waals surface area contributed by atoms with Gasteiger partial charge in [0.05, 0.1) is 0 Å². The predicted octanol–water partition coefficient (Wildman–Crippen LogP) is 4.09. The molecule has 160 valence electrons. The van der Waals surface area contributed by atoms with Crippen molar-refractivity contribution in [3.8, 4) is 28.7 Å². The fourth-order valence-corrected chi connectivity index (χ4v) is 4.34. The number of fused-ring (bicyclic) bond motifs is 1. The highest BCUT2D eigenvalue weighted by Crippen LogP contribution is 2.39. The van der Waals surface area contributed by atoms with Crippen LogP contribution in [0.1, 0.15) is 49.6 Å². The number of aryl methyl sites for hydroxylation is 3. The first kappa shape index (κ1) is 20.6. The molecule has 0 spiro atoms. The topological polar surface area (TPSA) is 92.0 Å². The Kier molecular flexibility index (Phi) is 5.40. The van der Waals surface area contributed by atoms with Gasteiger partial charge in [-0.05, 0) is 68.7 Å². The maximum absolute atomic E-state index is 5.77. The molecule has 0 atom stereocenters. The normalized spacial score (nSPS) is 15.3. The third-order valence-corrected chi connectivity index (χ3v) is 5.87. The van der Waals surface area contributed by atoms with Gasteiger partial charge in [0.1, 0.15) is 18.1 Å². The van der Waals surface area contributed by atoms with Gasteiger partial charge in [-0.2, -0.15) is 10.1 Å². The Morgan fingerprint density at radius 3 is 2.63 bits per heavy atom. The van der Waals surface area contributed by atoms with Crippen molar-refractivity contribution < 1.29 is 9.26 Å². The zero-order valence-electron chi connectivity index (χ0n) is 18.6. The fourth-order valence-electron chi connectivity index (χ4n) is 4.34. The Morgan fingerprint density at radius 1 is 1.23 bits per heavy atom. The highest BCUT2D eigenvalue weighted by Gasteiger charge is 2.32. The van der Waals surface area contributed by atoms with Crippen molar-refractivity contribution in [3.05, 3.63) is 34.5 Å². The van der Waals surface area contributed by atoms with Crippen LogP contribution in [0.3, 0.4) is 0 Å². The van der Waals surface area contributed by atoms with Gasteiger partial charge < -0.3 is 15.0 Å². The van der Waals surface area contributed by atoms with Crippen molar-refractivity contribution in [2.75, 3.05) is 13.2 Å². The summed E-state index contributed by atoms with van der Waals surface area (Å²) in [7, 11) is 0. The minimum absolute atomic E-state index is 0.294. The smallest absolute Gasteiger partial charge is 0.258 e. The second kappa shape index (κ2) is 7.87. The lowest BCUT2D eigenvalue weighted by atomic mass is 9.76. The molecule has 1 aliphatic rings. The van der Waals surface area contributed by atoms with Crippen molar-refractivity contribution in [3.63, 3.8) is 0 Å². The third-order valence-electron chi connectivity index (χ3n) is 5.87. The zero-order chi connectivity index (χ0) is 21.5. The number of rotatable bonds is 6. The number of hydrogen-bond acceptors (Lipinski definition) is 6. The van der Waals surface area contributed by atoms with Crippen LogP contribution in [0.5, 0.6) is 5.75 Å². The Morgan fingerprint density at radius 2 is 1.97 bits per heavy atom. The molecule has 4 rings (SSSR count). The van der Waals surface area contributed by atoms with Gasteiger partial charge >= 0.3 is 0 Å². The lowest BCUT2D eigenvalue weighted by Crippen LogP contribution is -2.24. The van der Waals surface area contributed by atoms with Gasteiger partial charge in [0, 0.05) is 29.9 Å². The lowest BCUT2D eigenvalue weighted by Gasteiger charge is -2.30. The SMILES string of the molecule is CCn1nc(-c2noc(-c3cc(C)c(OCCN)c(C)c3)n2)c2c1CC(C)(C)CC2. The third kappa shape index (κ3) is 3.74. The van der Waals surface area contributed by atoms with Gasteiger partial charge in [0.15, 0.2) is 0 Å². The number of benzene rings is 1. The van der Waals surface area contributed by atoms with Crippen molar-refractivity contribution in [2.45, 2.75) is 60.4 Å². The first-order valence-electron chi connectivity index (χ1n) is 10.7. The molecule has 0 amide bonds. The standard InChI is InChI=1S/C23H31N5O2/c1-6-28-18-13-23(4,5)8-7-17(18)19(26-28)21-25-22(30-27-21)16-11-14(2)20(15(3)12-16)29-10-9-24/h11-12H,6-10,13,24H2,1-5H3. The molecule has 0 radical (unpaired) electrons. The second-order valence-electron chi connectivity index (χ2n) is 8.93. The van der Waals surface area contributed by atoms with E-state index in [1.54, 1.807) is 0 Å². The summed E-state index contributed by atoms with van der Waals surface area (Å²) in [5, 5.41) is 9.11. The van der Waals surface area contributed by atoms with Gasteiger partial charge in [-0.1, -0.05) is 19.0 Å². The van der Waals surface area contributed by atoms with E-state index in [4.69, 9.17) is 25.1 Å². The van der Waals surface area contributed by atoms with Crippen LogP contribution < -0.4 is 10.5 Å². The molecule has 7 nitrogen and oxygen atoms in total. The Labute approximate surface area is 177 Å². The molecule has 1 aromatic carbocycles.